The zero-order valence-electron chi connectivity index (χ0n) is 21.9. The molecule has 12 heteroatoms. The highest BCUT2D eigenvalue weighted by Gasteiger charge is 2.22. The van der Waals surface area contributed by atoms with Gasteiger partial charge in [0.1, 0.15) is 39.1 Å². The van der Waals surface area contributed by atoms with Crippen molar-refractivity contribution in [3.05, 3.63) is 60.1 Å². The maximum atomic E-state index is 15.0. The lowest BCUT2D eigenvalue weighted by Crippen LogP contribution is -2.33. The fraction of sp³-hybridized carbons (Fsp3) is 0.259. The molecule has 4 heterocycles. The molecule has 5 rings (SSSR count). The maximum Gasteiger partial charge on any atom is 0.412 e. The molecule has 1 aromatic carbocycles. The van der Waals surface area contributed by atoms with Crippen LogP contribution in [0.15, 0.2) is 42.9 Å². The first-order valence-corrected chi connectivity index (χ1v) is 12.9. The van der Waals surface area contributed by atoms with Crippen molar-refractivity contribution in [3.63, 3.8) is 0 Å². The molecule has 0 bridgehead atoms. The number of anilines is 1. The molecule has 0 fully saturated rings. The van der Waals surface area contributed by atoms with Crippen LogP contribution in [0.25, 0.3) is 31.8 Å². The number of halogens is 1. The summed E-state index contributed by atoms with van der Waals surface area (Å²) in [5, 5.41) is 4.11. The maximum absolute atomic E-state index is 15.0. The van der Waals surface area contributed by atoms with Gasteiger partial charge >= 0.3 is 6.09 Å². The Morgan fingerprint density at radius 2 is 1.77 bits per heavy atom. The van der Waals surface area contributed by atoms with E-state index in [1.54, 1.807) is 34.1 Å². The number of aryl methyl sites for hydroxylation is 2. The molecule has 0 saturated carbocycles. The van der Waals surface area contributed by atoms with Crippen molar-refractivity contribution in [3.8, 4) is 22.2 Å². The molecule has 0 saturated heterocycles. The van der Waals surface area contributed by atoms with E-state index < -0.39 is 24.1 Å². The van der Waals surface area contributed by atoms with E-state index in [-0.39, 0.29) is 5.88 Å². The molecule has 1 amide bonds. The van der Waals surface area contributed by atoms with Crippen LogP contribution in [-0.4, -0.2) is 50.3 Å². The molecule has 1 N–H and O–H groups in total. The van der Waals surface area contributed by atoms with Crippen LogP contribution in [-0.2, 0) is 4.74 Å². The average molecular weight is 549 g/mol. The summed E-state index contributed by atoms with van der Waals surface area (Å²) in [7, 11) is 1.59. The standard InChI is InChI=1S/C27H25FN6O4S/c1-13-6-17-8-19(36-5)12-31-23(17)20(7-13)25-33-22-9-21(28)24(34-26(22)39-25)37-14(2)15(3)38-27(35)32-18-10-29-16(4)30-11-18/h6-12,14-15H,1-5H3,(H,32,35)/t14-,15+/m0/s1. The normalized spacial score (nSPS) is 12.8. The number of nitrogens with zero attached hydrogens (tertiary/aromatic N) is 5. The van der Waals surface area contributed by atoms with Crippen LogP contribution < -0.4 is 14.8 Å². The third-order valence-electron chi connectivity index (χ3n) is 5.95. The number of benzene rings is 1. The van der Waals surface area contributed by atoms with Gasteiger partial charge in [-0.3, -0.25) is 10.3 Å². The molecule has 39 heavy (non-hydrogen) atoms. The highest BCUT2D eigenvalue weighted by atomic mass is 32.1. The number of nitrogens with one attached hydrogen (secondary N) is 1. The van der Waals surface area contributed by atoms with Gasteiger partial charge in [0.25, 0.3) is 5.88 Å². The van der Waals surface area contributed by atoms with Gasteiger partial charge in [0.15, 0.2) is 5.82 Å². The number of hydrogen-bond acceptors (Lipinski definition) is 10. The lowest BCUT2D eigenvalue weighted by molar-refractivity contribution is 0.0379. The number of carbonyl (C=O) groups excluding carboxylic acids is 1. The zero-order chi connectivity index (χ0) is 27.7. The van der Waals surface area contributed by atoms with Crippen LogP contribution in [0.5, 0.6) is 11.6 Å². The van der Waals surface area contributed by atoms with Gasteiger partial charge in [0.05, 0.1) is 36.9 Å². The van der Waals surface area contributed by atoms with Gasteiger partial charge in [-0.1, -0.05) is 11.3 Å². The zero-order valence-corrected chi connectivity index (χ0v) is 22.7. The molecular weight excluding hydrogens is 523 g/mol. The lowest BCUT2D eigenvalue weighted by Gasteiger charge is -2.21. The Kier molecular flexibility index (Phi) is 7.20. The minimum absolute atomic E-state index is 0.204. The molecule has 0 unspecified atom stereocenters. The SMILES string of the molecule is COc1cnc2c(-c3nc4cc(F)c(O[C@@H](C)[C@@H](C)OC(=O)Nc5cnc(C)nc5)nc4s3)cc(C)cc2c1. The van der Waals surface area contributed by atoms with Crippen molar-refractivity contribution in [2.75, 3.05) is 12.4 Å². The summed E-state index contributed by atoms with van der Waals surface area (Å²) < 4.78 is 31.4. The van der Waals surface area contributed by atoms with Gasteiger partial charge in [-0.25, -0.2) is 24.1 Å². The molecule has 0 radical (unpaired) electrons. The van der Waals surface area contributed by atoms with Crippen molar-refractivity contribution >= 4 is 44.4 Å². The quantitative estimate of drug-likeness (QED) is 0.266. The molecule has 200 valence electrons. The van der Waals surface area contributed by atoms with E-state index in [2.05, 4.69) is 30.2 Å². The number of thiazole rings is 1. The van der Waals surface area contributed by atoms with Gasteiger partial charge < -0.3 is 14.2 Å². The van der Waals surface area contributed by atoms with Gasteiger partial charge in [-0.15, -0.1) is 0 Å². The Hall–Kier alpha value is -4.45. The average Bonchev–Trinajstić information content (AvgIpc) is 3.31. The van der Waals surface area contributed by atoms with Crippen LogP contribution in [0, 0.1) is 19.7 Å². The van der Waals surface area contributed by atoms with E-state index in [1.807, 2.05) is 25.1 Å². The van der Waals surface area contributed by atoms with Crippen LogP contribution in [0.2, 0.25) is 0 Å². The smallest absolute Gasteiger partial charge is 0.412 e. The topological polar surface area (TPSA) is 121 Å². The number of hydrogen-bond donors (Lipinski definition) is 1. The highest BCUT2D eigenvalue weighted by Crippen LogP contribution is 2.36. The van der Waals surface area contributed by atoms with Gasteiger partial charge in [-0.05, 0) is 51.5 Å². The number of ether oxygens (including phenoxy) is 3. The second-order valence-corrected chi connectivity index (χ2v) is 9.93. The Labute approximate surface area is 227 Å². The first-order chi connectivity index (χ1) is 18.7. The number of rotatable bonds is 7. The second-order valence-electron chi connectivity index (χ2n) is 8.96. The first-order valence-electron chi connectivity index (χ1n) is 12.0. The Morgan fingerprint density at radius 3 is 2.51 bits per heavy atom. The Bertz CT molecular complexity index is 1680. The summed E-state index contributed by atoms with van der Waals surface area (Å²) in [4.78, 5) is 34.3. The third-order valence-corrected chi connectivity index (χ3v) is 6.95. The first kappa shape index (κ1) is 26.2. The van der Waals surface area contributed by atoms with Crippen molar-refractivity contribution in [1.82, 2.24) is 24.9 Å². The number of pyridine rings is 2. The highest BCUT2D eigenvalue weighted by molar-refractivity contribution is 7.21. The molecule has 4 aromatic heterocycles. The molecule has 0 aliphatic heterocycles. The van der Waals surface area contributed by atoms with Gasteiger partial charge in [-0.2, -0.15) is 4.98 Å². The molecule has 0 spiro atoms. The number of methoxy groups -OCH3 is 1. The van der Waals surface area contributed by atoms with E-state index in [0.717, 1.165) is 22.0 Å². The van der Waals surface area contributed by atoms with E-state index in [1.165, 1.54) is 29.8 Å². The van der Waals surface area contributed by atoms with Crippen LogP contribution >= 0.6 is 11.3 Å². The molecular formula is C27H25FN6O4S. The van der Waals surface area contributed by atoms with E-state index >= 15 is 0 Å². The van der Waals surface area contributed by atoms with Crippen LogP contribution in [0.4, 0.5) is 14.9 Å². The van der Waals surface area contributed by atoms with Crippen LogP contribution in [0.1, 0.15) is 25.2 Å². The molecule has 0 aliphatic carbocycles. The van der Waals surface area contributed by atoms with Gasteiger partial charge in [0, 0.05) is 17.0 Å². The van der Waals surface area contributed by atoms with E-state index in [0.29, 0.717) is 32.6 Å². The van der Waals surface area contributed by atoms with Crippen LogP contribution in [0.3, 0.4) is 0 Å². The summed E-state index contributed by atoms with van der Waals surface area (Å²) in [6, 6.07) is 7.21. The molecule has 5 aromatic rings. The van der Waals surface area contributed by atoms with Gasteiger partial charge in [0.2, 0.25) is 0 Å². The fourth-order valence-electron chi connectivity index (χ4n) is 3.82. The predicted octanol–water partition coefficient (Wildman–Crippen LogP) is 5.87. The number of carbonyl (C=O) groups is 1. The van der Waals surface area contributed by atoms with E-state index in [9.17, 15) is 9.18 Å². The third kappa shape index (κ3) is 5.70. The van der Waals surface area contributed by atoms with E-state index in [4.69, 9.17) is 14.2 Å². The Balaban J connectivity index is 1.34. The summed E-state index contributed by atoms with van der Waals surface area (Å²) >= 11 is 1.31. The monoisotopic (exact) mass is 548 g/mol. The van der Waals surface area contributed by atoms with Crippen molar-refractivity contribution in [1.29, 1.82) is 0 Å². The number of fused-ring (bicyclic) bond motifs is 2. The summed E-state index contributed by atoms with van der Waals surface area (Å²) in [6.45, 7) is 7.02. The Morgan fingerprint density at radius 1 is 1.00 bits per heavy atom. The second kappa shape index (κ2) is 10.7. The van der Waals surface area contributed by atoms with Crippen molar-refractivity contribution in [2.45, 2.75) is 39.9 Å². The van der Waals surface area contributed by atoms with Crippen molar-refractivity contribution in [2.24, 2.45) is 0 Å². The largest absolute Gasteiger partial charge is 0.495 e. The molecule has 10 nitrogen and oxygen atoms in total. The predicted molar refractivity (Wildman–Crippen MR) is 146 cm³/mol. The fourth-order valence-corrected chi connectivity index (χ4v) is 4.75. The van der Waals surface area contributed by atoms with Crippen molar-refractivity contribution < 1.29 is 23.4 Å². The minimum atomic E-state index is -0.716. The molecule has 0 aliphatic rings. The summed E-state index contributed by atoms with van der Waals surface area (Å²) in [5.74, 6) is 0.359. The summed E-state index contributed by atoms with van der Waals surface area (Å²) in [6.07, 6.45) is 2.47. The lowest BCUT2D eigenvalue weighted by atomic mass is 10.1. The minimum Gasteiger partial charge on any atom is -0.495 e. The number of amides is 1. The molecule has 2 atom stereocenters. The summed E-state index contributed by atoms with van der Waals surface area (Å²) in [5.41, 5.74) is 3.39. The number of aromatic nitrogens is 5.